The third-order valence-corrected chi connectivity index (χ3v) is 2.76. The third kappa shape index (κ3) is 2.18. The fourth-order valence-corrected chi connectivity index (χ4v) is 1.83. The van der Waals surface area contributed by atoms with Crippen LogP contribution in [0.1, 0.15) is 0 Å². The molecule has 5 nitrogen and oxygen atoms in total. The first-order valence-corrected chi connectivity index (χ1v) is 5.89. The van der Waals surface area contributed by atoms with Gasteiger partial charge >= 0.3 is 0 Å². The van der Waals surface area contributed by atoms with Gasteiger partial charge in [-0.05, 0) is 24.3 Å². The topological polar surface area (TPSA) is 63.8 Å². The minimum atomic E-state index is 0.467. The lowest BCUT2D eigenvalue weighted by Crippen LogP contribution is -1.91. The molecule has 0 saturated heterocycles. The lowest BCUT2D eigenvalue weighted by Gasteiger charge is -2.03. The fourth-order valence-electron chi connectivity index (χ4n) is 1.83. The van der Waals surface area contributed by atoms with E-state index in [4.69, 9.17) is 4.42 Å². The summed E-state index contributed by atoms with van der Waals surface area (Å²) in [7, 11) is 1.86. The van der Waals surface area contributed by atoms with E-state index in [0.29, 0.717) is 11.8 Å². The molecular weight excluding hydrogens is 240 g/mol. The standard InChI is InChI=1S/C14H12N4O/c1-15-12-7-3-2-6-11(12)14-18-17-13(19-14)10-5-4-8-16-9-10/h2-9,15H,1H3. The molecule has 0 atom stereocenters. The van der Waals surface area contributed by atoms with Crippen LogP contribution < -0.4 is 5.32 Å². The highest BCUT2D eigenvalue weighted by Gasteiger charge is 2.12. The number of hydrogen-bond acceptors (Lipinski definition) is 5. The minimum Gasteiger partial charge on any atom is -0.416 e. The molecule has 2 aromatic heterocycles. The quantitative estimate of drug-likeness (QED) is 0.776. The third-order valence-electron chi connectivity index (χ3n) is 2.76. The molecule has 19 heavy (non-hydrogen) atoms. The van der Waals surface area contributed by atoms with Gasteiger partial charge in [0.15, 0.2) is 0 Å². The monoisotopic (exact) mass is 252 g/mol. The summed E-state index contributed by atoms with van der Waals surface area (Å²) in [5, 5.41) is 11.2. The summed E-state index contributed by atoms with van der Waals surface area (Å²) >= 11 is 0. The Kier molecular flexibility index (Phi) is 2.94. The molecule has 0 aliphatic rings. The Morgan fingerprint density at radius 3 is 2.63 bits per heavy atom. The molecule has 0 radical (unpaired) electrons. The summed E-state index contributed by atoms with van der Waals surface area (Å²) in [6.07, 6.45) is 3.40. The zero-order chi connectivity index (χ0) is 13.1. The van der Waals surface area contributed by atoms with Crippen molar-refractivity contribution >= 4 is 5.69 Å². The van der Waals surface area contributed by atoms with Gasteiger partial charge in [-0.25, -0.2) is 0 Å². The van der Waals surface area contributed by atoms with Crippen molar-refractivity contribution in [3.05, 3.63) is 48.8 Å². The lowest BCUT2D eigenvalue weighted by molar-refractivity contribution is 0.584. The molecule has 0 bridgehead atoms. The van der Waals surface area contributed by atoms with Crippen LogP contribution in [0, 0.1) is 0 Å². The maximum atomic E-state index is 5.70. The van der Waals surface area contributed by atoms with Gasteiger partial charge in [0.25, 0.3) is 0 Å². The number of para-hydroxylation sites is 1. The predicted molar refractivity (Wildman–Crippen MR) is 72.5 cm³/mol. The number of rotatable bonds is 3. The molecule has 0 aliphatic carbocycles. The van der Waals surface area contributed by atoms with Crippen molar-refractivity contribution in [1.82, 2.24) is 15.2 Å². The average molecular weight is 252 g/mol. The van der Waals surface area contributed by atoms with E-state index in [9.17, 15) is 0 Å². The molecule has 5 heteroatoms. The van der Waals surface area contributed by atoms with E-state index in [-0.39, 0.29) is 0 Å². The molecule has 0 amide bonds. The number of nitrogens with one attached hydrogen (secondary N) is 1. The molecule has 0 saturated carbocycles. The van der Waals surface area contributed by atoms with Crippen LogP contribution in [-0.4, -0.2) is 22.2 Å². The first-order valence-electron chi connectivity index (χ1n) is 5.89. The Morgan fingerprint density at radius 2 is 1.84 bits per heavy atom. The summed E-state index contributed by atoms with van der Waals surface area (Å²) in [5.41, 5.74) is 2.64. The van der Waals surface area contributed by atoms with Crippen LogP contribution in [0.3, 0.4) is 0 Å². The van der Waals surface area contributed by atoms with E-state index in [1.54, 1.807) is 12.4 Å². The number of anilines is 1. The van der Waals surface area contributed by atoms with Crippen molar-refractivity contribution < 1.29 is 4.42 Å². The van der Waals surface area contributed by atoms with Gasteiger partial charge in [-0.2, -0.15) is 0 Å². The van der Waals surface area contributed by atoms with Crippen molar-refractivity contribution in [2.45, 2.75) is 0 Å². The SMILES string of the molecule is CNc1ccccc1-c1nnc(-c2cccnc2)o1. The average Bonchev–Trinajstić information content (AvgIpc) is 2.98. The zero-order valence-corrected chi connectivity index (χ0v) is 10.4. The van der Waals surface area contributed by atoms with Crippen LogP contribution in [-0.2, 0) is 0 Å². The van der Waals surface area contributed by atoms with Gasteiger partial charge < -0.3 is 9.73 Å². The van der Waals surface area contributed by atoms with Crippen LogP contribution in [0.4, 0.5) is 5.69 Å². The fraction of sp³-hybridized carbons (Fsp3) is 0.0714. The van der Waals surface area contributed by atoms with E-state index in [1.807, 2.05) is 43.4 Å². The van der Waals surface area contributed by atoms with E-state index < -0.39 is 0 Å². The second kappa shape index (κ2) is 4.89. The maximum Gasteiger partial charge on any atom is 0.250 e. The molecule has 0 unspecified atom stereocenters. The van der Waals surface area contributed by atoms with E-state index in [0.717, 1.165) is 16.8 Å². The first kappa shape index (κ1) is 11.4. The van der Waals surface area contributed by atoms with Crippen molar-refractivity contribution in [3.8, 4) is 22.9 Å². The summed E-state index contributed by atoms with van der Waals surface area (Å²) in [6.45, 7) is 0. The summed E-state index contributed by atoms with van der Waals surface area (Å²) in [6, 6.07) is 11.5. The van der Waals surface area contributed by atoms with Crippen LogP contribution >= 0.6 is 0 Å². The van der Waals surface area contributed by atoms with Gasteiger partial charge in [-0.15, -0.1) is 10.2 Å². The number of aromatic nitrogens is 3. The number of hydrogen-bond donors (Lipinski definition) is 1. The van der Waals surface area contributed by atoms with Crippen LogP contribution in [0.25, 0.3) is 22.9 Å². The van der Waals surface area contributed by atoms with E-state index in [2.05, 4.69) is 20.5 Å². The molecule has 0 spiro atoms. The van der Waals surface area contributed by atoms with Gasteiger partial charge in [0.05, 0.1) is 11.1 Å². The molecule has 94 valence electrons. The van der Waals surface area contributed by atoms with Crippen LogP contribution in [0.5, 0.6) is 0 Å². The number of nitrogens with zero attached hydrogens (tertiary/aromatic N) is 3. The lowest BCUT2D eigenvalue weighted by atomic mass is 10.2. The van der Waals surface area contributed by atoms with Crippen molar-refractivity contribution in [3.63, 3.8) is 0 Å². The van der Waals surface area contributed by atoms with E-state index in [1.165, 1.54) is 0 Å². The summed E-state index contributed by atoms with van der Waals surface area (Å²) in [4.78, 5) is 4.04. The number of benzene rings is 1. The molecule has 1 aromatic carbocycles. The minimum absolute atomic E-state index is 0.467. The van der Waals surface area contributed by atoms with Gasteiger partial charge in [0.2, 0.25) is 11.8 Å². The van der Waals surface area contributed by atoms with Crippen molar-refractivity contribution in [1.29, 1.82) is 0 Å². The Labute approximate surface area is 110 Å². The van der Waals surface area contributed by atoms with Crippen LogP contribution in [0.15, 0.2) is 53.2 Å². The largest absolute Gasteiger partial charge is 0.416 e. The second-order valence-corrected chi connectivity index (χ2v) is 3.95. The first-order chi connectivity index (χ1) is 9.38. The molecule has 0 aliphatic heterocycles. The highest BCUT2D eigenvalue weighted by Crippen LogP contribution is 2.28. The molecule has 1 N–H and O–H groups in total. The normalized spacial score (nSPS) is 10.4. The Balaban J connectivity index is 2.02. The molecule has 2 heterocycles. The van der Waals surface area contributed by atoms with E-state index >= 15 is 0 Å². The van der Waals surface area contributed by atoms with Crippen molar-refractivity contribution in [2.75, 3.05) is 12.4 Å². The predicted octanol–water partition coefficient (Wildman–Crippen LogP) is 2.84. The summed E-state index contributed by atoms with van der Waals surface area (Å²) < 4.78 is 5.70. The Morgan fingerprint density at radius 1 is 1.00 bits per heavy atom. The van der Waals surface area contributed by atoms with Crippen molar-refractivity contribution in [2.24, 2.45) is 0 Å². The zero-order valence-electron chi connectivity index (χ0n) is 10.4. The maximum absolute atomic E-state index is 5.70. The molecule has 3 rings (SSSR count). The smallest absolute Gasteiger partial charge is 0.250 e. The summed E-state index contributed by atoms with van der Waals surface area (Å²) in [5.74, 6) is 0.956. The molecule has 0 fully saturated rings. The van der Waals surface area contributed by atoms with Crippen LogP contribution in [0.2, 0.25) is 0 Å². The Hall–Kier alpha value is -2.69. The number of pyridine rings is 1. The molecular formula is C14H12N4O. The molecule has 3 aromatic rings. The van der Waals surface area contributed by atoms with Gasteiger partial charge in [0.1, 0.15) is 0 Å². The Bertz CT molecular complexity index is 679. The van der Waals surface area contributed by atoms with Gasteiger partial charge in [-0.3, -0.25) is 4.98 Å². The second-order valence-electron chi connectivity index (χ2n) is 3.95. The van der Waals surface area contributed by atoms with Gasteiger partial charge in [0, 0.05) is 25.1 Å². The van der Waals surface area contributed by atoms with Gasteiger partial charge in [-0.1, -0.05) is 12.1 Å². The highest BCUT2D eigenvalue weighted by molar-refractivity contribution is 5.72. The highest BCUT2D eigenvalue weighted by atomic mass is 16.4.